The molecule has 0 bridgehead atoms. The first-order valence-electron chi connectivity index (χ1n) is 8.31. The Morgan fingerprint density at radius 3 is 2.60 bits per heavy atom. The van der Waals surface area contributed by atoms with Gasteiger partial charge in [0, 0.05) is 24.0 Å². The minimum Gasteiger partial charge on any atom is -0.384 e. The summed E-state index contributed by atoms with van der Waals surface area (Å²) in [5, 5.41) is 11.3. The van der Waals surface area contributed by atoms with Crippen molar-refractivity contribution in [3.05, 3.63) is 27.4 Å². The number of benzene rings is 1. The number of halogens is 2. The predicted molar refractivity (Wildman–Crippen MR) is 107 cm³/mol. The van der Waals surface area contributed by atoms with Gasteiger partial charge in [0.2, 0.25) is 0 Å². The summed E-state index contributed by atoms with van der Waals surface area (Å²) < 4.78 is 1.80. The highest BCUT2D eigenvalue weighted by Gasteiger charge is 2.19. The lowest BCUT2D eigenvalue weighted by molar-refractivity contribution is 0.405. The maximum Gasteiger partial charge on any atom is 0.160 e. The van der Waals surface area contributed by atoms with Crippen molar-refractivity contribution in [2.24, 2.45) is 7.05 Å². The van der Waals surface area contributed by atoms with Crippen LogP contribution in [0, 0.1) is 13.8 Å². The van der Waals surface area contributed by atoms with Crippen molar-refractivity contribution in [3.8, 4) is 0 Å². The van der Waals surface area contributed by atoms with Gasteiger partial charge in [-0.05, 0) is 52.5 Å². The molecule has 2 aromatic heterocycles. The molecule has 0 aliphatic heterocycles. The molecule has 25 heavy (non-hydrogen) atoms. The van der Waals surface area contributed by atoms with E-state index in [-0.39, 0.29) is 0 Å². The molecule has 0 saturated carbocycles. The lowest BCUT2D eigenvalue weighted by Crippen LogP contribution is -2.16. The Kier molecular flexibility index (Phi) is 5.09. The van der Waals surface area contributed by atoms with Crippen molar-refractivity contribution >= 4 is 50.8 Å². The SMILES string of the molecule is Cc1c(Cl)cc2nc3c(c(C)nn3C)c(NCCCN(C)C)c2c1Cl. The van der Waals surface area contributed by atoms with Gasteiger partial charge in [-0.1, -0.05) is 23.2 Å². The van der Waals surface area contributed by atoms with Crippen LogP contribution in [0.15, 0.2) is 6.07 Å². The molecule has 3 aromatic rings. The van der Waals surface area contributed by atoms with Gasteiger partial charge < -0.3 is 10.2 Å². The maximum absolute atomic E-state index is 6.66. The van der Waals surface area contributed by atoms with E-state index in [0.717, 1.165) is 58.4 Å². The third kappa shape index (κ3) is 3.28. The van der Waals surface area contributed by atoms with Gasteiger partial charge in [0.15, 0.2) is 5.65 Å². The molecule has 2 heterocycles. The predicted octanol–water partition coefficient (Wildman–Crippen LogP) is 4.41. The molecule has 0 unspecified atom stereocenters. The number of nitrogens with zero attached hydrogens (tertiary/aromatic N) is 4. The summed E-state index contributed by atoms with van der Waals surface area (Å²) in [6, 6.07) is 1.88. The number of aromatic nitrogens is 3. The Balaban J connectivity index is 2.22. The lowest BCUT2D eigenvalue weighted by atomic mass is 10.1. The molecular formula is C18H23Cl2N5. The fourth-order valence-electron chi connectivity index (χ4n) is 3.12. The van der Waals surface area contributed by atoms with Gasteiger partial charge in [-0.25, -0.2) is 4.98 Å². The van der Waals surface area contributed by atoms with Crippen LogP contribution in [0.2, 0.25) is 10.0 Å². The average molecular weight is 380 g/mol. The summed E-state index contributed by atoms with van der Waals surface area (Å²) in [4.78, 5) is 6.94. The van der Waals surface area contributed by atoms with Gasteiger partial charge in [-0.15, -0.1) is 0 Å². The number of nitrogens with one attached hydrogen (secondary N) is 1. The summed E-state index contributed by atoms with van der Waals surface area (Å²) in [5.74, 6) is 0. The van der Waals surface area contributed by atoms with Crippen LogP contribution >= 0.6 is 23.2 Å². The zero-order chi connectivity index (χ0) is 18.3. The summed E-state index contributed by atoms with van der Waals surface area (Å²) in [7, 11) is 6.06. The Morgan fingerprint density at radius 1 is 1.20 bits per heavy atom. The molecule has 0 radical (unpaired) electrons. The highest BCUT2D eigenvalue weighted by molar-refractivity contribution is 6.41. The van der Waals surface area contributed by atoms with E-state index < -0.39 is 0 Å². The fraction of sp³-hybridized carbons (Fsp3) is 0.444. The number of hydrogen-bond acceptors (Lipinski definition) is 4. The van der Waals surface area contributed by atoms with Crippen molar-refractivity contribution < 1.29 is 0 Å². The van der Waals surface area contributed by atoms with E-state index >= 15 is 0 Å². The third-order valence-electron chi connectivity index (χ3n) is 4.43. The number of anilines is 1. The van der Waals surface area contributed by atoms with Crippen LogP contribution in [-0.4, -0.2) is 46.8 Å². The molecule has 134 valence electrons. The van der Waals surface area contributed by atoms with E-state index in [1.54, 1.807) is 4.68 Å². The van der Waals surface area contributed by atoms with Crippen LogP contribution in [0.3, 0.4) is 0 Å². The van der Waals surface area contributed by atoms with E-state index in [1.165, 1.54) is 0 Å². The first-order chi connectivity index (χ1) is 11.8. The third-order valence-corrected chi connectivity index (χ3v) is 5.29. The first-order valence-corrected chi connectivity index (χ1v) is 9.07. The molecule has 7 heteroatoms. The van der Waals surface area contributed by atoms with E-state index in [4.69, 9.17) is 28.2 Å². The molecule has 0 aliphatic rings. The quantitative estimate of drug-likeness (QED) is 0.666. The molecule has 5 nitrogen and oxygen atoms in total. The Labute approximate surface area is 157 Å². The fourth-order valence-corrected chi connectivity index (χ4v) is 3.66. The van der Waals surface area contributed by atoms with Crippen molar-refractivity contribution in [1.82, 2.24) is 19.7 Å². The van der Waals surface area contributed by atoms with Gasteiger partial charge in [0.25, 0.3) is 0 Å². The van der Waals surface area contributed by atoms with Gasteiger partial charge in [0.05, 0.1) is 27.3 Å². The number of pyridine rings is 1. The second-order valence-corrected chi connectivity index (χ2v) is 7.45. The van der Waals surface area contributed by atoms with Gasteiger partial charge in [-0.3, -0.25) is 4.68 Å². The molecule has 1 aromatic carbocycles. The summed E-state index contributed by atoms with van der Waals surface area (Å²) in [6.07, 6.45) is 1.03. The van der Waals surface area contributed by atoms with Crippen molar-refractivity contribution in [3.63, 3.8) is 0 Å². The standard InChI is InChI=1S/C18H23Cl2N5/c1-10-12(19)9-13-15(16(10)20)17(21-7-6-8-24(3)4)14-11(2)23-25(5)18(14)22-13/h9H,6-8H2,1-5H3,(H,21,22). The molecule has 0 saturated heterocycles. The summed E-state index contributed by atoms with van der Waals surface area (Å²) in [6.45, 7) is 5.79. The number of hydrogen-bond donors (Lipinski definition) is 1. The van der Waals surface area contributed by atoms with E-state index in [2.05, 4.69) is 29.4 Å². The minimum atomic E-state index is 0.627. The average Bonchev–Trinajstić information content (AvgIpc) is 2.82. The Bertz CT molecular complexity index is 946. The maximum atomic E-state index is 6.66. The van der Waals surface area contributed by atoms with Gasteiger partial charge in [-0.2, -0.15) is 5.10 Å². The van der Waals surface area contributed by atoms with Crippen LogP contribution in [0.1, 0.15) is 17.7 Å². The lowest BCUT2D eigenvalue weighted by Gasteiger charge is -2.16. The Hall–Kier alpha value is -1.56. The monoisotopic (exact) mass is 379 g/mol. The molecule has 0 aliphatic carbocycles. The van der Waals surface area contributed by atoms with Crippen molar-refractivity contribution in [1.29, 1.82) is 0 Å². The first kappa shape index (κ1) is 18.2. The van der Waals surface area contributed by atoms with Crippen LogP contribution in [-0.2, 0) is 7.05 Å². The van der Waals surface area contributed by atoms with Crippen LogP contribution in [0.25, 0.3) is 21.9 Å². The normalized spacial score (nSPS) is 11.8. The van der Waals surface area contributed by atoms with Crippen LogP contribution in [0.4, 0.5) is 5.69 Å². The molecule has 1 N–H and O–H groups in total. The zero-order valence-corrected chi connectivity index (χ0v) is 16.8. The molecule has 0 spiro atoms. The molecule has 0 fully saturated rings. The highest BCUT2D eigenvalue weighted by Crippen LogP contribution is 2.40. The molecule has 3 rings (SSSR count). The minimum absolute atomic E-state index is 0.627. The van der Waals surface area contributed by atoms with Gasteiger partial charge >= 0.3 is 0 Å². The van der Waals surface area contributed by atoms with Crippen molar-refractivity contribution in [2.75, 3.05) is 32.5 Å². The van der Waals surface area contributed by atoms with E-state index in [0.29, 0.717) is 10.0 Å². The summed E-state index contributed by atoms with van der Waals surface area (Å²) >= 11 is 13.0. The van der Waals surface area contributed by atoms with E-state index in [9.17, 15) is 0 Å². The van der Waals surface area contributed by atoms with E-state index in [1.807, 2.05) is 27.0 Å². The zero-order valence-electron chi connectivity index (χ0n) is 15.2. The highest BCUT2D eigenvalue weighted by atomic mass is 35.5. The second-order valence-electron chi connectivity index (χ2n) is 6.67. The Morgan fingerprint density at radius 2 is 1.92 bits per heavy atom. The largest absolute Gasteiger partial charge is 0.384 e. The van der Waals surface area contributed by atoms with Crippen LogP contribution < -0.4 is 5.32 Å². The smallest absolute Gasteiger partial charge is 0.160 e. The topological polar surface area (TPSA) is 46.0 Å². The number of rotatable bonds is 5. The van der Waals surface area contributed by atoms with Crippen LogP contribution in [0.5, 0.6) is 0 Å². The molecular weight excluding hydrogens is 357 g/mol. The molecule has 0 atom stereocenters. The molecule has 0 amide bonds. The number of fused-ring (bicyclic) bond motifs is 2. The van der Waals surface area contributed by atoms with Crippen molar-refractivity contribution in [2.45, 2.75) is 20.3 Å². The summed E-state index contributed by atoms with van der Waals surface area (Å²) in [5.41, 5.74) is 4.41. The second kappa shape index (κ2) is 6.98. The van der Waals surface area contributed by atoms with Gasteiger partial charge in [0.1, 0.15) is 0 Å². The number of aryl methyl sites for hydroxylation is 2.